The van der Waals surface area contributed by atoms with Gasteiger partial charge in [0.25, 0.3) is 5.69 Å². The number of anilines is 1. The van der Waals surface area contributed by atoms with Crippen LogP contribution in [0.2, 0.25) is 0 Å². The van der Waals surface area contributed by atoms with Gasteiger partial charge in [-0.1, -0.05) is 78.1 Å². The van der Waals surface area contributed by atoms with Crippen LogP contribution < -0.4 is 14.4 Å². The largest absolute Gasteiger partial charge is 0.491 e. The second-order valence-corrected chi connectivity index (χ2v) is 15.7. The molecule has 0 spiro atoms. The Morgan fingerprint density at radius 2 is 1.13 bits per heavy atom. The predicted octanol–water partition coefficient (Wildman–Crippen LogP) is 13.7. The van der Waals surface area contributed by atoms with Crippen molar-refractivity contribution in [3.63, 3.8) is 0 Å². The lowest BCUT2D eigenvalue weighted by molar-refractivity contribution is -0.384. The second-order valence-electron chi connectivity index (χ2n) is 15.1. The fraction of sp³-hybridized carbons (Fsp3) is 0.556. The summed E-state index contributed by atoms with van der Waals surface area (Å²) in [5.74, 6) is -3.62. The Labute approximate surface area is 369 Å². The molecule has 0 aromatic heterocycles. The van der Waals surface area contributed by atoms with Crippen molar-refractivity contribution in [1.82, 2.24) is 0 Å². The molecule has 0 fully saturated rings. The Balaban J connectivity index is 1.99. The van der Waals surface area contributed by atoms with Crippen LogP contribution in [0.15, 0.2) is 75.1 Å². The summed E-state index contributed by atoms with van der Waals surface area (Å²) < 4.78 is 12.2. The number of rotatable bonds is 32. The predicted molar refractivity (Wildman–Crippen MR) is 242 cm³/mol. The molecular formula is C45H62Cl2N6O8. The van der Waals surface area contributed by atoms with Crippen molar-refractivity contribution in [1.29, 1.82) is 0 Å². The Morgan fingerprint density at radius 1 is 0.672 bits per heavy atom. The lowest BCUT2D eigenvalue weighted by atomic mass is 10.1. The van der Waals surface area contributed by atoms with E-state index in [1.807, 2.05) is 13.0 Å². The average molecular weight is 886 g/mol. The quantitative estimate of drug-likeness (QED) is 0.0202. The molecule has 61 heavy (non-hydrogen) atoms. The number of non-ortho nitro benzene ring substituents is 1. The lowest BCUT2D eigenvalue weighted by Crippen LogP contribution is -2.25. The summed E-state index contributed by atoms with van der Waals surface area (Å²) in [7, 11) is 0. The van der Waals surface area contributed by atoms with E-state index < -0.39 is 28.7 Å². The first-order chi connectivity index (χ1) is 29.5. The Hall–Kier alpha value is -4.82. The number of hydrogen-bond acceptors (Lipinski definition) is 11. The highest BCUT2D eigenvalue weighted by Gasteiger charge is 2.20. The van der Waals surface area contributed by atoms with Crippen molar-refractivity contribution >= 4 is 69.3 Å². The minimum atomic E-state index is -1.05. The van der Waals surface area contributed by atoms with Crippen molar-refractivity contribution < 1.29 is 34.2 Å². The number of aliphatic carboxylic acids is 2. The number of nitrogens with zero attached hydrogens (tertiary/aromatic N) is 6. The molecule has 14 nitrogen and oxygen atoms in total. The van der Waals surface area contributed by atoms with Crippen LogP contribution in [-0.2, 0) is 9.59 Å². The van der Waals surface area contributed by atoms with E-state index in [4.69, 9.17) is 32.7 Å². The number of nitro groups is 1. The van der Waals surface area contributed by atoms with E-state index >= 15 is 0 Å². The first-order valence-corrected chi connectivity index (χ1v) is 22.5. The first-order valence-electron chi connectivity index (χ1n) is 21.5. The zero-order chi connectivity index (χ0) is 44.4. The van der Waals surface area contributed by atoms with Gasteiger partial charge in [0.2, 0.25) is 0 Å². The van der Waals surface area contributed by atoms with Gasteiger partial charge in [0, 0.05) is 54.8 Å². The van der Waals surface area contributed by atoms with Gasteiger partial charge in [-0.05, 0) is 68.5 Å². The number of hydrogen-bond donors (Lipinski definition) is 2. The molecule has 0 aliphatic heterocycles. The molecule has 3 rings (SSSR count). The zero-order valence-corrected chi connectivity index (χ0v) is 37.3. The van der Waals surface area contributed by atoms with Gasteiger partial charge in [0.05, 0.1) is 41.3 Å². The summed E-state index contributed by atoms with van der Waals surface area (Å²) in [6.07, 6.45) is 15.0. The number of carbonyl (C=O) groups is 2. The summed E-state index contributed by atoms with van der Waals surface area (Å²) in [5, 5.41) is 48.0. The van der Waals surface area contributed by atoms with Crippen molar-refractivity contribution in [2.24, 2.45) is 32.3 Å². The summed E-state index contributed by atoms with van der Waals surface area (Å²) in [6, 6.07) is 14.7. The molecule has 0 radical (unpaired) electrons. The van der Waals surface area contributed by atoms with Crippen LogP contribution in [0.3, 0.4) is 0 Å². The molecule has 3 aromatic rings. The van der Waals surface area contributed by atoms with Crippen LogP contribution in [0.25, 0.3) is 0 Å². The monoisotopic (exact) mass is 884 g/mol. The molecule has 0 amide bonds. The zero-order valence-electron chi connectivity index (χ0n) is 35.8. The third-order valence-corrected chi connectivity index (χ3v) is 11.0. The minimum absolute atomic E-state index is 0.0257. The molecular weight excluding hydrogens is 823 g/mol. The minimum Gasteiger partial charge on any atom is -0.491 e. The van der Waals surface area contributed by atoms with Crippen molar-refractivity contribution in [3.05, 3.63) is 70.3 Å². The van der Waals surface area contributed by atoms with Crippen molar-refractivity contribution in [2.75, 3.05) is 43.0 Å². The van der Waals surface area contributed by atoms with Crippen LogP contribution in [0.5, 0.6) is 11.5 Å². The highest BCUT2D eigenvalue weighted by atomic mass is 35.5. The summed E-state index contributed by atoms with van der Waals surface area (Å²) in [5.41, 5.74) is 3.33. The number of ether oxygens (including phenoxy) is 2. The number of carboxylic acids is 2. The second kappa shape index (κ2) is 28.7. The van der Waals surface area contributed by atoms with Gasteiger partial charge < -0.3 is 24.6 Å². The molecule has 3 aromatic carbocycles. The number of azo groups is 2. The number of nitro benzene ring substituents is 1. The molecule has 2 unspecified atom stereocenters. The highest BCUT2D eigenvalue weighted by Crippen LogP contribution is 2.42. The molecule has 0 heterocycles. The third-order valence-electron chi connectivity index (χ3n) is 10.3. The van der Waals surface area contributed by atoms with Gasteiger partial charge >= 0.3 is 11.9 Å². The molecule has 0 saturated heterocycles. The number of benzene rings is 3. The van der Waals surface area contributed by atoms with Crippen LogP contribution in [0.1, 0.15) is 109 Å². The fourth-order valence-corrected chi connectivity index (χ4v) is 7.00. The summed E-state index contributed by atoms with van der Waals surface area (Å²) in [4.78, 5) is 36.5. The van der Waals surface area contributed by atoms with Crippen molar-refractivity contribution in [3.8, 4) is 11.5 Å². The smallest absolute Gasteiger partial charge is 0.307 e. The number of aryl methyl sites for hydroxylation is 1. The molecule has 2 atom stereocenters. The maximum atomic E-state index is 11.7. The number of carboxylic acid groups (broad SMARTS) is 2. The maximum Gasteiger partial charge on any atom is 0.307 e. The molecule has 2 N–H and O–H groups in total. The Morgan fingerprint density at radius 3 is 1.57 bits per heavy atom. The van der Waals surface area contributed by atoms with Gasteiger partial charge in [-0.3, -0.25) is 19.7 Å². The van der Waals surface area contributed by atoms with E-state index in [9.17, 15) is 29.9 Å². The van der Waals surface area contributed by atoms with Crippen molar-refractivity contribution in [2.45, 2.75) is 111 Å². The van der Waals surface area contributed by atoms with Gasteiger partial charge in [-0.25, -0.2) is 0 Å². The van der Waals surface area contributed by atoms with E-state index in [1.54, 1.807) is 6.07 Å². The first kappa shape index (κ1) is 50.5. The lowest BCUT2D eigenvalue weighted by Gasteiger charge is -2.26. The van der Waals surface area contributed by atoms with Gasteiger partial charge in [-0.2, -0.15) is 10.2 Å². The molecule has 0 aliphatic rings. The van der Waals surface area contributed by atoms with Gasteiger partial charge in [0.15, 0.2) is 0 Å². The maximum absolute atomic E-state index is 11.7. The van der Waals surface area contributed by atoms with E-state index in [2.05, 4.69) is 51.3 Å². The van der Waals surface area contributed by atoms with E-state index in [1.165, 1.54) is 94.5 Å². The fourth-order valence-electron chi connectivity index (χ4n) is 6.43. The standard InChI is InChI=1S/C45H62Cl2N6O8/c1-4-6-8-10-12-14-24-52(25-15-13-11-9-7-5-2)38-20-21-39(33(3)28-38)49-51-41-30-42(60-26-22-34(31-46)44(54)55)40(29-43(41)61-27-23-35(32-47)45(56)57)50-48-36-16-18-37(19-17-36)53(58)59/h16-21,28-30,34-35H,4-15,22-27,31-32H2,1-3H3,(H,54,55)(H,56,57). The van der Waals surface area contributed by atoms with E-state index in [-0.39, 0.29) is 66.4 Å². The van der Waals surface area contributed by atoms with Gasteiger partial charge in [-0.15, -0.1) is 33.4 Å². The van der Waals surface area contributed by atoms with Crippen LogP contribution in [0, 0.1) is 28.9 Å². The molecule has 0 saturated carbocycles. The van der Waals surface area contributed by atoms with Gasteiger partial charge in [0.1, 0.15) is 22.9 Å². The molecule has 0 bridgehead atoms. The molecule has 16 heteroatoms. The van der Waals surface area contributed by atoms with E-state index in [0.717, 1.165) is 37.2 Å². The Kier molecular flexibility index (Phi) is 23.7. The van der Waals surface area contributed by atoms with E-state index in [0.29, 0.717) is 11.4 Å². The molecule has 0 aliphatic carbocycles. The van der Waals surface area contributed by atoms with Crippen LogP contribution >= 0.6 is 23.2 Å². The number of alkyl halides is 2. The molecule has 334 valence electrons. The SMILES string of the molecule is CCCCCCCCN(CCCCCCCC)c1ccc(N=Nc2cc(OCCC(CCl)C(=O)O)c(N=Nc3ccc([N+](=O)[O-])cc3)cc2OCCC(CCl)C(=O)O)c(C)c1. The normalized spacial score (nSPS) is 12.5. The topological polar surface area (TPSA) is 189 Å². The Bertz CT molecular complexity index is 1850. The summed E-state index contributed by atoms with van der Waals surface area (Å²) >= 11 is 11.8. The highest BCUT2D eigenvalue weighted by molar-refractivity contribution is 6.19. The number of halogens is 2. The average Bonchev–Trinajstić information content (AvgIpc) is 3.24. The summed E-state index contributed by atoms with van der Waals surface area (Å²) in [6.45, 7) is 8.38. The third kappa shape index (κ3) is 18.4. The van der Waals surface area contributed by atoms with Crippen LogP contribution in [0.4, 0.5) is 34.1 Å². The van der Waals surface area contributed by atoms with Crippen LogP contribution in [-0.4, -0.2) is 65.1 Å². The number of unbranched alkanes of at least 4 members (excludes halogenated alkanes) is 10.